The summed E-state index contributed by atoms with van der Waals surface area (Å²) in [5.41, 5.74) is 4.55. The van der Waals surface area contributed by atoms with Gasteiger partial charge in [-0.3, -0.25) is 0 Å². The van der Waals surface area contributed by atoms with Gasteiger partial charge in [0.1, 0.15) is 0 Å². The molecule has 3 atom stereocenters. The van der Waals surface area contributed by atoms with Crippen LogP contribution in [0.1, 0.15) is 31.9 Å². The topological polar surface area (TPSA) is 58.5 Å². The van der Waals surface area contributed by atoms with Crippen molar-refractivity contribution in [3.63, 3.8) is 0 Å². The van der Waals surface area contributed by atoms with Crippen LogP contribution in [0.4, 0.5) is 0 Å². The van der Waals surface area contributed by atoms with E-state index in [1.165, 1.54) is 15.6 Å². The van der Waals surface area contributed by atoms with Crippen LogP contribution in [-0.2, 0) is 10.0 Å². The molecule has 1 aliphatic rings. The monoisotopic (exact) mass is 533 g/mol. The molecule has 0 bridgehead atoms. The molecular weight excluding hydrogens is 507 g/mol. The number of rotatable bonds is 7. The summed E-state index contributed by atoms with van der Waals surface area (Å²) in [5, 5.41) is 4.13. The predicted octanol–water partition coefficient (Wildman–Crippen LogP) is 4.67. The molecule has 5 rings (SSSR count). The van der Waals surface area contributed by atoms with E-state index in [1.54, 1.807) is 30.5 Å². The number of aryl methyl sites for hydroxylation is 1. The van der Waals surface area contributed by atoms with Crippen LogP contribution < -0.4 is 9.29 Å². The maximum absolute atomic E-state index is 12.6. The van der Waals surface area contributed by atoms with E-state index in [9.17, 15) is 8.42 Å². The van der Waals surface area contributed by atoms with Crippen molar-refractivity contribution in [1.29, 1.82) is 0 Å². The van der Waals surface area contributed by atoms with Crippen molar-refractivity contribution in [3.8, 4) is 0 Å². The van der Waals surface area contributed by atoms with E-state index in [0.29, 0.717) is 9.63 Å². The Labute approximate surface area is 205 Å². The molecule has 4 nitrogen and oxygen atoms in total. The zero-order valence-corrected chi connectivity index (χ0v) is 21.2. The van der Waals surface area contributed by atoms with Gasteiger partial charge in [-0.2, -0.15) is 0 Å². The van der Waals surface area contributed by atoms with Gasteiger partial charge < -0.3 is 0 Å². The van der Waals surface area contributed by atoms with Crippen LogP contribution in [-0.4, -0.2) is 28.5 Å². The average Bonchev–Trinajstić information content (AvgIpc) is 3.61. The van der Waals surface area contributed by atoms with E-state index in [-0.39, 0.29) is 4.90 Å². The molecule has 0 aromatic heterocycles. The normalized spacial score (nSPS) is 19.7. The van der Waals surface area contributed by atoms with Crippen LogP contribution in [0, 0.1) is 6.92 Å². The standard InChI is InChI=1S/C28H25N2O2SSe/c1-21-16-18-24(19-17-21)33(31,32)30-29-20-23-12-8-9-15-26(23)28-27(22-10-4-2-5-11-22)34(28)25-13-6-3-7-14-25/h2-20,27-28,30H,1H3/q+1/b29-20+. The first-order valence-electron chi connectivity index (χ1n) is 11.1. The number of nitrogens with zero attached hydrogens (tertiary/aromatic N) is 1. The second kappa shape index (κ2) is 9.59. The SMILES string of the molecule is Cc1ccc(S(=O)(=O)N/N=C/c2ccccc2C2C(c3ccccc3)[Se+]2c2ccccc2)cc1. The fourth-order valence-corrected chi connectivity index (χ4v) is 11.3. The number of sulfonamides is 1. The quantitative estimate of drug-likeness (QED) is 0.214. The van der Waals surface area contributed by atoms with Crippen molar-refractivity contribution in [3.05, 3.63) is 131 Å². The van der Waals surface area contributed by atoms with Crippen molar-refractivity contribution in [2.45, 2.75) is 21.5 Å². The van der Waals surface area contributed by atoms with E-state index < -0.39 is 23.9 Å². The van der Waals surface area contributed by atoms with E-state index in [1.807, 2.05) is 19.1 Å². The summed E-state index contributed by atoms with van der Waals surface area (Å²) in [5.74, 6) is 0. The molecule has 34 heavy (non-hydrogen) atoms. The molecule has 4 aromatic carbocycles. The fraction of sp³-hybridized carbons (Fsp3) is 0.107. The molecule has 170 valence electrons. The van der Waals surface area contributed by atoms with Crippen molar-refractivity contribution in [1.82, 2.24) is 4.83 Å². The van der Waals surface area contributed by atoms with Crippen LogP contribution in [0.2, 0.25) is 0 Å². The summed E-state index contributed by atoms with van der Waals surface area (Å²) in [6.07, 6.45) is 1.63. The molecular formula is C28H25N2O2SSe+. The van der Waals surface area contributed by atoms with E-state index in [4.69, 9.17) is 0 Å². The van der Waals surface area contributed by atoms with E-state index in [2.05, 4.69) is 82.7 Å². The van der Waals surface area contributed by atoms with Gasteiger partial charge >= 0.3 is 206 Å². The molecule has 1 aliphatic heterocycles. The van der Waals surface area contributed by atoms with Gasteiger partial charge in [-0.15, -0.1) is 0 Å². The second-order valence-electron chi connectivity index (χ2n) is 8.23. The first-order chi connectivity index (χ1) is 16.5. The van der Waals surface area contributed by atoms with Gasteiger partial charge in [-0.05, 0) is 0 Å². The van der Waals surface area contributed by atoms with E-state index in [0.717, 1.165) is 11.1 Å². The Balaban J connectivity index is 1.43. The Morgan fingerprint density at radius 3 is 2.09 bits per heavy atom. The fourth-order valence-electron chi connectivity index (χ4n) is 4.17. The summed E-state index contributed by atoms with van der Waals surface area (Å²) in [4.78, 5) is 3.47. The molecule has 0 saturated carbocycles. The summed E-state index contributed by atoms with van der Waals surface area (Å²) < 4.78 is 26.7. The molecule has 6 heteroatoms. The maximum atomic E-state index is 12.6. The van der Waals surface area contributed by atoms with Crippen LogP contribution in [0.25, 0.3) is 0 Å². The molecule has 4 aromatic rings. The first-order valence-corrected chi connectivity index (χ1v) is 15.4. The Hall–Kier alpha value is -3.18. The second-order valence-corrected chi connectivity index (χ2v) is 14.6. The molecule has 1 N–H and O–H groups in total. The molecule has 0 aliphatic carbocycles. The predicted molar refractivity (Wildman–Crippen MR) is 139 cm³/mol. The molecule has 0 amide bonds. The Morgan fingerprint density at radius 2 is 1.38 bits per heavy atom. The molecule has 1 fully saturated rings. The summed E-state index contributed by atoms with van der Waals surface area (Å²) >= 11 is -1.14. The van der Waals surface area contributed by atoms with Crippen LogP contribution in [0.3, 0.4) is 0 Å². The van der Waals surface area contributed by atoms with Gasteiger partial charge in [0.05, 0.1) is 0 Å². The number of hydrogen-bond donors (Lipinski definition) is 1. The summed E-state index contributed by atoms with van der Waals surface area (Å²) in [6, 6.07) is 36.4. The van der Waals surface area contributed by atoms with Gasteiger partial charge in [0.25, 0.3) is 0 Å². The van der Waals surface area contributed by atoms with Crippen molar-refractivity contribution >= 4 is 34.6 Å². The van der Waals surface area contributed by atoms with Gasteiger partial charge in [0, 0.05) is 0 Å². The van der Waals surface area contributed by atoms with Crippen LogP contribution >= 0.6 is 0 Å². The number of hydrogen-bond acceptors (Lipinski definition) is 3. The third kappa shape index (κ3) is 4.71. The minimum atomic E-state index is -3.71. The minimum absolute atomic E-state index is 0.200. The molecule has 1 saturated heterocycles. The van der Waals surface area contributed by atoms with Crippen molar-refractivity contribution < 1.29 is 8.42 Å². The van der Waals surface area contributed by atoms with Crippen LogP contribution in [0.5, 0.6) is 0 Å². The third-order valence-corrected chi connectivity index (χ3v) is 12.7. The zero-order valence-electron chi connectivity index (χ0n) is 18.7. The van der Waals surface area contributed by atoms with Crippen LogP contribution in [0.15, 0.2) is 119 Å². The number of benzene rings is 4. The average molecular weight is 533 g/mol. The summed E-state index contributed by atoms with van der Waals surface area (Å²) in [6.45, 7) is 1.92. The number of nitrogens with one attached hydrogen (secondary N) is 1. The molecule has 3 unspecified atom stereocenters. The Morgan fingerprint density at radius 1 is 0.765 bits per heavy atom. The van der Waals surface area contributed by atoms with Crippen molar-refractivity contribution in [2.75, 3.05) is 0 Å². The first kappa shape index (κ1) is 22.6. The van der Waals surface area contributed by atoms with E-state index >= 15 is 0 Å². The summed E-state index contributed by atoms with van der Waals surface area (Å²) in [7, 11) is -3.71. The van der Waals surface area contributed by atoms with Gasteiger partial charge in [0.15, 0.2) is 0 Å². The number of hydrazone groups is 1. The molecule has 0 spiro atoms. The van der Waals surface area contributed by atoms with Gasteiger partial charge in [0.2, 0.25) is 0 Å². The van der Waals surface area contributed by atoms with Crippen molar-refractivity contribution in [2.24, 2.45) is 5.10 Å². The zero-order chi connectivity index (χ0) is 23.5. The van der Waals surface area contributed by atoms with Gasteiger partial charge in [-0.25, -0.2) is 0 Å². The molecule has 1 heterocycles. The Bertz CT molecular complexity index is 1360. The third-order valence-electron chi connectivity index (χ3n) is 5.90. The Kier molecular flexibility index (Phi) is 6.38. The van der Waals surface area contributed by atoms with Gasteiger partial charge in [-0.1, -0.05) is 0 Å². The molecule has 0 radical (unpaired) electrons.